The van der Waals surface area contributed by atoms with Crippen LogP contribution in [0.1, 0.15) is 30.4 Å². The lowest BCUT2D eigenvalue weighted by Gasteiger charge is -2.24. The van der Waals surface area contributed by atoms with Crippen molar-refractivity contribution in [2.45, 2.75) is 38.8 Å². The van der Waals surface area contributed by atoms with E-state index in [0.29, 0.717) is 5.75 Å². The molecule has 5 heteroatoms. The van der Waals surface area contributed by atoms with Crippen LogP contribution in [0.5, 0.6) is 11.5 Å². The minimum Gasteiger partial charge on any atom is -0.493 e. The number of aliphatic carboxylic acids is 1. The van der Waals surface area contributed by atoms with E-state index in [2.05, 4.69) is 4.90 Å². The molecule has 1 heterocycles. The van der Waals surface area contributed by atoms with E-state index in [1.165, 1.54) is 0 Å². The van der Waals surface area contributed by atoms with Gasteiger partial charge in [-0.05, 0) is 49.6 Å². The number of methoxy groups -OCH3 is 2. The molecule has 0 aromatic heterocycles. The van der Waals surface area contributed by atoms with E-state index in [0.717, 1.165) is 42.8 Å². The van der Waals surface area contributed by atoms with Crippen LogP contribution in [0.2, 0.25) is 0 Å². The highest BCUT2D eigenvalue weighted by atomic mass is 16.5. The molecule has 1 fully saturated rings. The fraction of sp³-hybridized carbons (Fsp3) is 0.562. The highest BCUT2D eigenvalue weighted by molar-refractivity contribution is 5.67. The standard InChI is InChI=1S/C16H23NO4/c1-11-7-14(20-2)15(21-3)8-12(11)10-17-6-4-5-13(17)9-16(18)19/h7-8,13H,4-6,9-10H2,1-3H3,(H,18,19). The molecule has 5 nitrogen and oxygen atoms in total. The van der Waals surface area contributed by atoms with Crippen molar-refractivity contribution in [3.63, 3.8) is 0 Å². The predicted octanol–water partition coefficient (Wildman–Crippen LogP) is 2.45. The van der Waals surface area contributed by atoms with Gasteiger partial charge in [0.1, 0.15) is 0 Å². The number of hydrogen-bond donors (Lipinski definition) is 1. The number of carboxylic acid groups (broad SMARTS) is 1. The van der Waals surface area contributed by atoms with Gasteiger partial charge in [-0.2, -0.15) is 0 Å². The predicted molar refractivity (Wildman–Crippen MR) is 80.0 cm³/mol. The number of benzene rings is 1. The van der Waals surface area contributed by atoms with Gasteiger partial charge in [-0.15, -0.1) is 0 Å². The number of rotatable bonds is 6. The topological polar surface area (TPSA) is 59.0 Å². The van der Waals surface area contributed by atoms with Gasteiger partial charge in [0.05, 0.1) is 20.6 Å². The summed E-state index contributed by atoms with van der Waals surface area (Å²) in [6.07, 6.45) is 2.23. The second-order valence-corrected chi connectivity index (χ2v) is 5.50. The van der Waals surface area contributed by atoms with E-state index < -0.39 is 5.97 Å². The SMILES string of the molecule is COc1cc(C)c(CN2CCCC2CC(=O)O)cc1OC. The number of likely N-dealkylation sites (tertiary alicyclic amines) is 1. The van der Waals surface area contributed by atoms with Gasteiger partial charge in [0.25, 0.3) is 0 Å². The van der Waals surface area contributed by atoms with Crippen LogP contribution in [-0.2, 0) is 11.3 Å². The number of carbonyl (C=O) groups is 1. The fourth-order valence-electron chi connectivity index (χ4n) is 2.95. The first-order valence-electron chi connectivity index (χ1n) is 7.22. The van der Waals surface area contributed by atoms with E-state index in [9.17, 15) is 4.79 Å². The molecule has 21 heavy (non-hydrogen) atoms. The highest BCUT2D eigenvalue weighted by Gasteiger charge is 2.27. The maximum Gasteiger partial charge on any atom is 0.304 e. The Morgan fingerprint density at radius 2 is 2.00 bits per heavy atom. The van der Waals surface area contributed by atoms with Gasteiger partial charge in [-0.1, -0.05) is 0 Å². The molecule has 1 aliphatic rings. The Hall–Kier alpha value is -1.75. The summed E-state index contributed by atoms with van der Waals surface area (Å²) in [5.41, 5.74) is 2.29. The molecule has 1 aromatic carbocycles. The molecule has 1 atom stereocenters. The molecule has 0 amide bonds. The molecule has 1 aromatic rings. The van der Waals surface area contributed by atoms with Crippen molar-refractivity contribution < 1.29 is 19.4 Å². The Morgan fingerprint density at radius 1 is 1.33 bits per heavy atom. The van der Waals surface area contributed by atoms with E-state index in [1.807, 2.05) is 19.1 Å². The Bertz CT molecular complexity index is 515. The second kappa shape index (κ2) is 6.80. The van der Waals surface area contributed by atoms with Crippen LogP contribution in [0.15, 0.2) is 12.1 Å². The van der Waals surface area contributed by atoms with Gasteiger partial charge in [0.15, 0.2) is 11.5 Å². The number of nitrogens with zero attached hydrogens (tertiary/aromatic N) is 1. The highest BCUT2D eigenvalue weighted by Crippen LogP contribution is 2.32. The first kappa shape index (κ1) is 15.6. The van der Waals surface area contributed by atoms with E-state index in [-0.39, 0.29) is 12.5 Å². The van der Waals surface area contributed by atoms with Crippen molar-refractivity contribution in [1.82, 2.24) is 4.90 Å². The van der Waals surface area contributed by atoms with Crippen molar-refractivity contribution in [3.8, 4) is 11.5 Å². The second-order valence-electron chi connectivity index (χ2n) is 5.50. The van der Waals surface area contributed by atoms with Crippen molar-refractivity contribution >= 4 is 5.97 Å². The van der Waals surface area contributed by atoms with Crippen molar-refractivity contribution in [3.05, 3.63) is 23.3 Å². The molecule has 2 rings (SSSR count). The first-order chi connectivity index (χ1) is 10.0. The third kappa shape index (κ3) is 3.67. The molecule has 1 aliphatic heterocycles. The van der Waals surface area contributed by atoms with Crippen molar-refractivity contribution in [1.29, 1.82) is 0 Å². The third-order valence-electron chi connectivity index (χ3n) is 4.12. The van der Waals surface area contributed by atoms with Gasteiger partial charge in [-0.3, -0.25) is 9.69 Å². The number of carboxylic acids is 1. The number of ether oxygens (including phenoxy) is 2. The molecule has 116 valence electrons. The number of aryl methyl sites for hydroxylation is 1. The monoisotopic (exact) mass is 293 g/mol. The summed E-state index contributed by atoms with van der Waals surface area (Å²) >= 11 is 0. The fourth-order valence-corrected chi connectivity index (χ4v) is 2.95. The maximum atomic E-state index is 10.9. The lowest BCUT2D eigenvalue weighted by atomic mass is 10.1. The van der Waals surface area contributed by atoms with E-state index in [1.54, 1.807) is 14.2 Å². The summed E-state index contributed by atoms with van der Waals surface area (Å²) in [5, 5.41) is 9.00. The largest absolute Gasteiger partial charge is 0.493 e. The average molecular weight is 293 g/mol. The van der Waals surface area contributed by atoms with Gasteiger partial charge in [0, 0.05) is 12.6 Å². The minimum atomic E-state index is -0.726. The Balaban J connectivity index is 2.16. The molecule has 0 aliphatic carbocycles. The zero-order chi connectivity index (χ0) is 15.4. The zero-order valence-corrected chi connectivity index (χ0v) is 12.9. The van der Waals surface area contributed by atoms with Crippen LogP contribution in [0, 0.1) is 6.92 Å². The minimum absolute atomic E-state index is 0.134. The summed E-state index contributed by atoms with van der Waals surface area (Å²) in [6.45, 7) is 3.75. The Labute approximate surface area is 125 Å². The molecule has 1 N–H and O–H groups in total. The van der Waals surface area contributed by atoms with Crippen LogP contribution >= 0.6 is 0 Å². The van der Waals surface area contributed by atoms with Gasteiger partial charge in [-0.25, -0.2) is 0 Å². The zero-order valence-electron chi connectivity index (χ0n) is 12.9. The van der Waals surface area contributed by atoms with Crippen molar-refractivity contribution in [2.75, 3.05) is 20.8 Å². The van der Waals surface area contributed by atoms with Gasteiger partial charge < -0.3 is 14.6 Å². The molecule has 0 saturated carbocycles. The Morgan fingerprint density at radius 3 is 2.62 bits per heavy atom. The summed E-state index contributed by atoms with van der Waals surface area (Å²) in [5.74, 6) is 0.713. The number of hydrogen-bond acceptors (Lipinski definition) is 4. The van der Waals surface area contributed by atoms with Gasteiger partial charge >= 0.3 is 5.97 Å². The van der Waals surface area contributed by atoms with Crippen LogP contribution in [0.3, 0.4) is 0 Å². The lowest BCUT2D eigenvalue weighted by Crippen LogP contribution is -2.31. The van der Waals surface area contributed by atoms with Crippen molar-refractivity contribution in [2.24, 2.45) is 0 Å². The quantitative estimate of drug-likeness (QED) is 0.873. The van der Waals surface area contributed by atoms with Crippen LogP contribution in [0.25, 0.3) is 0 Å². The molecule has 1 unspecified atom stereocenters. The first-order valence-corrected chi connectivity index (χ1v) is 7.22. The smallest absolute Gasteiger partial charge is 0.304 e. The average Bonchev–Trinajstić information content (AvgIpc) is 2.87. The summed E-state index contributed by atoms with van der Waals surface area (Å²) < 4.78 is 10.6. The molecular weight excluding hydrogens is 270 g/mol. The van der Waals surface area contributed by atoms with Crippen LogP contribution < -0.4 is 9.47 Å². The summed E-state index contributed by atoms with van der Waals surface area (Å²) in [4.78, 5) is 13.2. The Kier molecular flexibility index (Phi) is 5.07. The van der Waals surface area contributed by atoms with Crippen LogP contribution in [-0.4, -0.2) is 42.8 Å². The maximum absolute atomic E-state index is 10.9. The molecule has 0 spiro atoms. The molecule has 1 saturated heterocycles. The van der Waals surface area contributed by atoms with Crippen LogP contribution in [0.4, 0.5) is 0 Å². The molecule has 0 bridgehead atoms. The molecular formula is C16H23NO4. The molecule has 0 radical (unpaired) electrons. The third-order valence-corrected chi connectivity index (χ3v) is 4.12. The lowest BCUT2D eigenvalue weighted by molar-refractivity contribution is -0.138. The van der Waals surface area contributed by atoms with E-state index >= 15 is 0 Å². The van der Waals surface area contributed by atoms with Gasteiger partial charge in [0.2, 0.25) is 0 Å². The normalized spacial score (nSPS) is 18.7. The van der Waals surface area contributed by atoms with E-state index in [4.69, 9.17) is 14.6 Å². The summed E-state index contributed by atoms with van der Waals surface area (Å²) in [7, 11) is 3.25. The summed E-state index contributed by atoms with van der Waals surface area (Å²) in [6, 6.07) is 4.09.